The summed E-state index contributed by atoms with van der Waals surface area (Å²) in [7, 11) is 0. The number of aryl methyl sites for hydroxylation is 2. The van der Waals surface area contributed by atoms with Gasteiger partial charge in [0.15, 0.2) is 0 Å². The van der Waals surface area contributed by atoms with Crippen LogP contribution in [0, 0.1) is 13.8 Å². The Kier molecular flexibility index (Phi) is 8.65. The van der Waals surface area contributed by atoms with Crippen LogP contribution in [0.15, 0.2) is 60.9 Å². The highest BCUT2D eigenvalue weighted by Crippen LogP contribution is 2.34. The van der Waals surface area contributed by atoms with Crippen molar-refractivity contribution in [2.24, 2.45) is 0 Å². The maximum Gasteiger partial charge on any atom is 0.274 e. The summed E-state index contributed by atoms with van der Waals surface area (Å²) in [5.74, 6) is -0.473. The first-order valence-electron chi connectivity index (χ1n) is 14.5. The van der Waals surface area contributed by atoms with Crippen molar-refractivity contribution in [3.63, 3.8) is 0 Å². The van der Waals surface area contributed by atoms with E-state index in [1.54, 1.807) is 11.5 Å². The molecule has 3 heterocycles. The quantitative estimate of drug-likeness (QED) is 0.329. The van der Waals surface area contributed by atoms with E-state index in [0.29, 0.717) is 17.2 Å². The van der Waals surface area contributed by atoms with Gasteiger partial charge in [-0.25, -0.2) is 15.4 Å². The van der Waals surface area contributed by atoms with E-state index in [9.17, 15) is 9.59 Å². The van der Waals surface area contributed by atoms with E-state index in [4.69, 9.17) is 5.21 Å². The number of benzene rings is 2. The van der Waals surface area contributed by atoms with Gasteiger partial charge in [0, 0.05) is 55.6 Å². The smallest absolute Gasteiger partial charge is 0.274 e. The van der Waals surface area contributed by atoms with Gasteiger partial charge < -0.3 is 9.80 Å². The molecule has 0 saturated carbocycles. The first-order valence-corrected chi connectivity index (χ1v) is 14.5. The number of hydrogen-bond acceptors (Lipinski definition) is 7. The lowest BCUT2D eigenvalue weighted by Gasteiger charge is -2.50. The molecule has 0 aliphatic carbocycles. The summed E-state index contributed by atoms with van der Waals surface area (Å²) in [6.45, 7) is 10.2. The number of carbonyl (C=O) groups is 2. The van der Waals surface area contributed by atoms with Crippen LogP contribution in [-0.4, -0.2) is 74.5 Å². The maximum absolute atomic E-state index is 13.3. The van der Waals surface area contributed by atoms with Crippen LogP contribution < -0.4 is 10.4 Å². The van der Waals surface area contributed by atoms with Crippen molar-refractivity contribution in [3.8, 4) is 0 Å². The summed E-state index contributed by atoms with van der Waals surface area (Å²) in [4.78, 5) is 40.9. The Morgan fingerprint density at radius 2 is 1.63 bits per heavy atom. The molecule has 2 N–H and O–H groups in total. The number of nitrogens with zero attached hydrogens (tertiary/aromatic N) is 5. The average Bonchev–Trinajstić information content (AvgIpc) is 3.00. The summed E-state index contributed by atoms with van der Waals surface area (Å²) in [5, 5.41) is 9.16. The zero-order chi connectivity index (χ0) is 29.0. The minimum absolute atomic E-state index is 0.0371. The molecule has 0 bridgehead atoms. The molecule has 2 fully saturated rings. The summed E-state index contributed by atoms with van der Waals surface area (Å²) in [6, 6.07) is 18.2. The monoisotopic (exact) mass is 556 g/mol. The van der Waals surface area contributed by atoms with Crippen molar-refractivity contribution in [2.75, 3.05) is 31.1 Å². The van der Waals surface area contributed by atoms with Gasteiger partial charge in [0.05, 0.1) is 17.0 Å². The number of rotatable bonds is 7. The summed E-state index contributed by atoms with van der Waals surface area (Å²) in [6.07, 6.45) is 5.38. The fourth-order valence-electron chi connectivity index (χ4n) is 6.39. The third kappa shape index (κ3) is 6.26. The van der Waals surface area contributed by atoms with Gasteiger partial charge in [0.2, 0.25) is 0 Å². The number of nitrogens with one attached hydrogen (secondary N) is 1. The van der Waals surface area contributed by atoms with Crippen LogP contribution in [0.4, 0.5) is 5.69 Å². The van der Waals surface area contributed by atoms with E-state index >= 15 is 0 Å². The molecule has 0 atom stereocenters. The normalized spacial score (nSPS) is 17.7. The highest BCUT2D eigenvalue weighted by atomic mass is 16.5. The summed E-state index contributed by atoms with van der Waals surface area (Å²) in [5.41, 5.74) is 6.52. The fourth-order valence-corrected chi connectivity index (χ4v) is 6.39. The highest BCUT2D eigenvalue weighted by Gasteiger charge is 2.39. The minimum atomic E-state index is -0.510. The molecule has 2 aliphatic heterocycles. The Morgan fingerprint density at radius 1 is 0.976 bits per heavy atom. The van der Waals surface area contributed by atoms with Crippen LogP contribution in [0.1, 0.15) is 70.3 Å². The number of likely N-dealkylation sites (tertiary alicyclic amines) is 2. The molecule has 2 aromatic carbocycles. The Balaban J connectivity index is 1.26. The molecule has 216 valence electrons. The zero-order valence-corrected chi connectivity index (χ0v) is 24.2. The number of aromatic nitrogens is 2. The van der Waals surface area contributed by atoms with E-state index in [1.165, 1.54) is 11.9 Å². The van der Waals surface area contributed by atoms with Crippen LogP contribution in [0.25, 0.3) is 0 Å². The van der Waals surface area contributed by atoms with Gasteiger partial charge in [-0.2, -0.15) is 0 Å². The molecule has 2 saturated heterocycles. The fraction of sp³-hybridized carbons (Fsp3) is 0.438. The second-order valence-corrected chi connectivity index (χ2v) is 11.5. The predicted octanol–water partition coefficient (Wildman–Crippen LogP) is 4.38. The van der Waals surface area contributed by atoms with Crippen LogP contribution in [0.5, 0.6) is 0 Å². The lowest BCUT2D eigenvalue weighted by molar-refractivity contribution is 0.0170. The molecule has 2 aliphatic rings. The predicted molar refractivity (Wildman–Crippen MR) is 158 cm³/mol. The molecule has 0 radical (unpaired) electrons. The molecule has 9 nitrogen and oxygen atoms in total. The van der Waals surface area contributed by atoms with Crippen molar-refractivity contribution >= 4 is 17.5 Å². The van der Waals surface area contributed by atoms with Crippen LogP contribution >= 0.6 is 0 Å². The Morgan fingerprint density at radius 3 is 2.27 bits per heavy atom. The maximum atomic E-state index is 13.3. The lowest BCUT2D eigenvalue weighted by atomic mass is 9.85. The van der Waals surface area contributed by atoms with Crippen molar-refractivity contribution < 1.29 is 14.8 Å². The molecular weight excluding hydrogens is 516 g/mol. The molecule has 1 aromatic heterocycles. The van der Waals surface area contributed by atoms with Gasteiger partial charge in [0.1, 0.15) is 6.33 Å². The second kappa shape index (κ2) is 12.4. The lowest BCUT2D eigenvalue weighted by Crippen LogP contribution is -2.58. The first kappa shape index (κ1) is 28.7. The number of amides is 2. The van der Waals surface area contributed by atoms with Crippen molar-refractivity contribution in [1.82, 2.24) is 25.2 Å². The molecule has 41 heavy (non-hydrogen) atoms. The average molecular weight is 557 g/mol. The SMILES string of the molecule is Cc1ncnc(C)c1C(=O)N1CCC(C)(N2CCC(N(Cc3ccccc3)c3cccc(C(=O)NO)c3)CC2)CC1. The number of piperidine rings is 2. The molecule has 3 aromatic rings. The molecule has 0 spiro atoms. The third-order valence-electron chi connectivity index (χ3n) is 8.97. The van der Waals surface area contributed by atoms with Gasteiger partial charge in [-0.1, -0.05) is 36.4 Å². The second-order valence-electron chi connectivity index (χ2n) is 11.5. The molecule has 9 heteroatoms. The largest absolute Gasteiger partial charge is 0.364 e. The van der Waals surface area contributed by atoms with Crippen LogP contribution in [0.2, 0.25) is 0 Å². The zero-order valence-electron chi connectivity index (χ0n) is 24.2. The molecule has 0 unspecified atom stereocenters. The number of anilines is 1. The topological polar surface area (TPSA) is 102 Å². The highest BCUT2D eigenvalue weighted by molar-refractivity contribution is 5.96. The summed E-state index contributed by atoms with van der Waals surface area (Å²) < 4.78 is 0. The van der Waals surface area contributed by atoms with Crippen molar-refractivity contribution in [2.45, 2.75) is 64.6 Å². The number of carbonyl (C=O) groups excluding carboxylic acids is 2. The van der Waals surface area contributed by atoms with E-state index in [0.717, 1.165) is 75.5 Å². The van der Waals surface area contributed by atoms with Gasteiger partial charge in [0.25, 0.3) is 11.8 Å². The minimum Gasteiger partial charge on any atom is -0.364 e. The Hall–Kier alpha value is -3.82. The van der Waals surface area contributed by atoms with Crippen molar-refractivity contribution in [3.05, 3.63) is 89.0 Å². The molecular formula is C32H40N6O3. The number of hydrogen-bond donors (Lipinski definition) is 2. The van der Waals surface area contributed by atoms with Gasteiger partial charge in [-0.15, -0.1) is 0 Å². The van der Waals surface area contributed by atoms with E-state index in [-0.39, 0.29) is 11.4 Å². The van der Waals surface area contributed by atoms with Gasteiger partial charge in [-0.05, 0) is 70.2 Å². The van der Waals surface area contributed by atoms with Crippen LogP contribution in [-0.2, 0) is 6.54 Å². The van der Waals surface area contributed by atoms with E-state index in [2.05, 4.69) is 51.0 Å². The standard InChI is InChI=1S/C32H40N6O3/c1-23-29(24(2)34-22-33-23)31(40)36-18-14-32(3,15-19-36)37-16-12-27(13-17-37)38(21-25-8-5-4-6-9-25)28-11-7-10-26(20-28)30(39)35-41/h4-11,20,22,27,41H,12-19,21H2,1-3H3,(H,35,39). The van der Waals surface area contributed by atoms with Crippen LogP contribution in [0.3, 0.4) is 0 Å². The van der Waals surface area contributed by atoms with Gasteiger partial charge >= 0.3 is 0 Å². The molecule has 5 rings (SSSR count). The van der Waals surface area contributed by atoms with E-state index in [1.807, 2.05) is 43.0 Å². The number of hydroxylamine groups is 1. The Labute approximate surface area is 242 Å². The van der Waals surface area contributed by atoms with E-state index < -0.39 is 5.91 Å². The van der Waals surface area contributed by atoms with Gasteiger partial charge in [-0.3, -0.25) is 19.7 Å². The van der Waals surface area contributed by atoms with Crippen molar-refractivity contribution in [1.29, 1.82) is 0 Å². The molecule has 2 amide bonds. The summed E-state index contributed by atoms with van der Waals surface area (Å²) >= 11 is 0. The first-order chi connectivity index (χ1) is 19.8. The Bertz CT molecular complexity index is 1340. The third-order valence-corrected chi connectivity index (χ3v) is 8.97.